The molecule has 0 amide bonds. The van der Waals surface area contributed by atoms with Gasteiger partial charge in [-0.1, -0.05) is 0 Å². The summed E-state index contributed by atoms with van der Waals surface area (Å²) < 4.78 is 5.73. The highest BCUT2D eigenvalue weighted by atomic mass is 16.5. The minimum absolute atomic E-state index is 0.746. The lowest BCUT2D eigenvalue weighted by atomic mass is 10.3. The van der Waals surface area contributed by atoms with Gasteiger partial charge in [-0.25, -0.2) is 0 Å². The fraction of sp³-hybridized carbons (Fsp3) is 0.615. The number of likely N-dealkylation sites (N-methyl/N-ethyl adjacent to an activating group) is 1. The van der Waals surface area contributed by atoms with Gasteiger partial charge in [-0.15, -0.1) is 0 Å². The van der Waals surface area contributed by atoms with E-state index in [1.54, 1.807) is 6.20 Å². The van der Waals surface area contributed by atoms with Crippen molar-refractivity contribution in [2.45, 2.75) is 25.4 Å². The lowest BCUT2D eigenvalue weighted by molar-refractivity contribution is 0.231. The monoisotopic (exact) mass is 235 g/mol. The molecule has 1 fully saturated rings. The molecule has 0 saturated heterocycles. The van der Waals surface area contributed by atoms with Crippen LogP contribution in [0, 0.1) is 0 Å². The van der Waals surface area contributed by atoms with Gasteiger partial charge in [0.1, 0.15) is 12.4 Å². The topological polar surface area (TPSA) is 37.4 Å². The van der Waals surface area contributed by atoms with Crippen molar-refractivity contribution in [2.75, 3.05) is 27.2 Å². The number of hydrogen-bond donors (Lipinski definition) is 1. The highest BCUT2D eigenvalue weighted by molar-refractivity contribution is 5.22. The fourth-order valence-corrected chi connectivity index (χ4v) is 1.83. The van der Waals surface area contributed by atoms with Gasteiger partial charge in [0.05, 0.1) is 5.69 Å². The van der Waals surface area contributed by atoms with Crippen molar-refractivity contribution >= 4 is 0 Å². The van der Waals surface area contributed by atoms with E-state index < -0.39 is 0 Å². The van der Waals surface area contributed by atoms with Crippen LogP contribution in [0.2, 0.25) is 0 Å². The van der Waals surface area contributed by atoms with Crippen molar-refractivity contribution < 1.29 is 4.74 Å². The van der Waals surface area contributed by atoms with Gasteiger partial charge in [-0.2, -0.15) is 0 Å². The van der Waals surface area contributed by atoms with E-state index in [1.165, 1.54) is 12.8 Å². The van der Waals surface area contributed by atoms with Gasteiger partial charge in [0.25, 0.3) is 0 Å². The normalized spacial score (nSPS) is 15.2. The van der Waals surface area contributed by atoms with Gasteiger partial charge < -0.3 is 15.0 Å². The Hall–Kier alpha value is -1.13. The molecule has 0 aliphatic heterocycles. The lowest BCUT2D eigenvalue weighted by Crippen LogP contribution is -2.26. The van der Waals surface area contributed by atoms with Crippen LogP contribution in [-0.2, 0) is 6.54 Å². The molecule has 0 spiro atoms. The van der Waals surface area contributed by atoms with Crippen molar-refractivity contribution in [1.29, 1.82) is 0 Å². The minimum Gasteiger partial charge on any atom is -0.492 e. The molecule has 1 heterocycles. The molecule has 4 nitrogen and oxygen atoms in total. The van der Waals surface area contributed by atoms with Crippen LogP contribution < -0.4 is 10.1 Å². The zero-order chi connectivity index (χ0) is 12.1. The maximum Gasteiger partial charge on any atom is 0.122 e. The van der Waals surface area contributed by atoms with Gasteiger partial charge in [-0.3, -0.25) is 4.98 Å². The van der Waals surface area contributed by atoms with Crippen molar-refractivity contribution in [3.05, 3.63) is 24.0 Å². The van der Waals surface area contributed by atoms with E-state index in [-0.39, 0.29) is 0 Å². The molecule has 4 heteroatoms. The SMILES string of the molecule is CNCc1cc(OCCN(C)C2CC2)ccn1. The van der Waals surface area contributed by atoms with Crippen molar-refractivity contribution in [1.82, 2.24) is 15.2 Å². The summed E-state index contributed by atoms with van der Waals surface area (Å²) in [6.07, 6.45) is 4.49. The molecular formula is C13H21N3O. The highest BCUT2D eigenvalue weighted by Gasteiger charge is 2.25. The first-order valence-corrected chi connectivity index (χ1v) is 6.22. The quantitative estimate of drug-likeness (QED) is 0.772. The van der Waals surface area contributed by atoms with Crippen molar-refractivity contribution in [3.63, 3.8) is 0 Å². The molecule has 1 aromatic heterocycles. The van der Waals surface area contributed by atoms with Crippen molar-refractivity contribution in [3.8, 4) is 5.75 Å². The van der Waals surface area contributed by atoms with Crippen LogP contribution in [0.25, 0.3) is 0 Å². The Bertz CT molecular complexity index is 352. The fourth-order valence-electron chi connectivity index (χ4n) is 1.83. The molecule has 0 unspecified atom stereocenters. The van der Waals surface area contributed by atoms with Crippen LogP contribution in [-0.4, -0.2) is 43.2 Å². The number of ether oxygens (including phenoxy) is 1. The first kappa shape index (κ1) is 12.3. The number of rotatable bonds is 7. The van der Waals surface area contributed by atoms with Crippen LogP contribution in [0.15, 0.2) is 18.3 Å². The third-order valence-corrected chi connectivity index (χ3v) is 3.03. The van der Waals surface area contributed by atoms with Gasteiger partial charge in [0, 0.05) is 31.4 Å². The highest BCUT2D eigenvalue weighted by Crippen LogP contribution is 2.24. The summed E-state index contributed by atoms with van der Waals surface area (Å²) in [5.74, 6) is 0.912. The van der Waals surface area contributed by atoms with Crippen molar-refractivity contribution in [2.24, 2.45) is 0 Å². The molecule has 0 atom stereocenters. The molecule has 0 radical (unpaired) electrons. The summed E-state index contributed by atoms with van der Waals surface area (Å²) in [6, 6.07) is 4.71. The first-order valence-electron chi connectivity index (χ1n) is 6.22. The summed E-state index contributed by atoms with van der Waals surface area (Å²) >= 11 is 0. The summed E-state index contributed by atoms with van der Waals surface area (Å²) in [4.78, 5) is 6.63. The largest absolute Gasteiger partial charge is 0.492 e. The molecule has 1 aromatic rings. The number of nitrogens with one attached hydrogen (secondary N) is 1. The Morgan fingerprint density at radius 3 is 3.06 bits per heavy atom. The average molecular weight is 235 g/mol. The Labute approximate surface area is 103 Å². The Morgan fingerprint density at radius 1 is 1.53 bits per heavy atom. The van der Waals surface area contributed by atoms with Gasteiger partial charge >= 0.3 is 0 Å². The smallest absolute Gasteiger partial charge is 0.122 e. The van der Waals surface area contributed by atoms with Crippen LogP contribution in [0.4, 0.5) is 0 Å². The maximum absolute atomic E-state index is 5.73. The zero-order valence-corrected chi connectivity index (χ0v) is 10.6. The van der Waals surface area contributed by atoms with Gasteiger partial charge in [0.2, 0.25) is 0 Å². The molecule has 1 aliphatic rings. The minimum atomic E-state index is 0.746. The van der Waals surface area contributed by atoms with Crippen LogP contribution in [0.1, 0.15) is 18.5 Å². The summed E-state index contributed by atoms with van der Waals surface area (Å²) in [7, 11) is 4.08. The van der Waals surface area contributed by atoms with Gasteiger partial charge in [-0.05, 0) is 33.0 Å². The third-order valence-electron chi connectivity index (χ3n) is 3.03. The summed E-state index contributed by atoms with van der Waals surface area (Å²) in [6.45, 7) is 2.52. The third kappa shape index (κ3) is 3.98. The summed E-state index contributed by atoms with van der Waals surface area (Å²) in [5, 5.41) is 3.08. The Balaban J connectivity index is 1.75. The van der Waals surface area contributed by atoms with E-state index in [0.717, 1.165) is 37.2 Å². The van der Waals surface area contributed by atoms with E-state index >= 15 is 0 Å². The molecule has 0 bridgehead atoms. The molecule has 1 N–H and O–H groups in total. The second-order valence-electron chi connectivity index (χ2n) is 4.57. The molecule has 2 rings (SSSR count). The maximum atomic E-state index is 5.73. The standard InChI is InChI=1S/C13H21N3O/c1-14-10-11-9-13(5-6-15-11)17-8-7-16(2)12-3-4-12/h5-6,9,12,14H,3-4,7-8,10H2,1-2H3. The van der Waals surface area contributed by atoms with E-state index in [4.69, 9.17) is 4.74 Å². The molecule has 17 heavy (non-hydrogen) atoms. The Kier molecular flexibility index (Phi) is 4.34. The number of aromatic nitrogens is 1. The number of nitrogens with zero attached hydrogens (tertiary/aromatic N) is 2. The van der Waals surface area contributed by atoms with E-state index in [9.17, 15) is 0 Å². The number of hydrogen-bond acceptors (Lipinski definition) is 4. The van der Waals surface area contributed by atoms with E-state index in [2.05, 4.69) is 22.2 Å². The predicted molar refractivity (Wildman–Crippen MR) is 68.1 cm³/mol. The number of pyridine rings is 1. The zero-order valence-electron chi connectivity index (χ0n) is 10.6. The molecule has 1 saturated carbocycles. The van der Waals surface area contributed by atoms with Crippen LogP contribution >= 0.6 is 0 Å². The molecular weight excluding hydrogens is 214 g/mol. The molecule has 94 valence electrons. The predicted octanol–water partition coefficient (Wildman–Crippen LogP) is 1.27. The summed E-state index contributed by atoms with van der Waals surface area (Å²) in [5.41, 5.74) is 1.01. The average Bonchev–Trinajstić information content (AvgIpc) is 3.14. The molecule has 1 aliphatic carbocycles. The second kappa shape index (κ2) is 5.98. The van der Waals surface area contributed by atoms with Crippen LogP contribution in [0.3, 0.4) is 0 Å². The lowest BCUT2D eigenvalue weighted by Gasteiger charge is -2.15. The second-order valence-corrected chi connectivity index (χ2v) is 4.57. The van der Waals surface area contributed by atoms with Gasteiger partial charge in [0.15, 0.2) is 0 Å². The Morgan fingerprint density at radius 2 is 2.35 bits per heavy atom. The van der Waals surface area contributed by atoms with E-state index in [0.29, 0.717) is 0 Å². The van der Waals surface area contributed by atoms with Crippen LogP contribution in [0.5, 0.6) is 5.75 Å². The van der Waals surface area contributed by atoms with E-state index in [1.807, 2.05) is 19.2 Å². The first-order chi connectivity index (χ1) is 8.29. The molecule has 0 aromatic carbocycles.